The number of aryl methyl sites for hydroxylation is 2. The molecule has 6 heteroatoms. The molecule has 4 aliphatic rings. The third-order valence-electron chi connectivity index (χ3n) is 5.42. The Morgan fingerprint density at radius 2 is 2.17 bits per heavy atom. The molecule has 4 aliphatic heterocycles. The number of aliphatic imine (C=N–C) groups is 1. The zero-order chi connectivity index (χ0) is 16.3. The minimum atomic E-state index is 0.258. The average Bonchev–Trinajstić information content (AvgIpc) is 3.06. The summed E-state index contributed by atoms with van der Waals surface area (Å²) in [6.45, 7) is 6.49. The Bertz CT molecular complexity index is 791. The summed E-state index contributed by atoms with van der Waals surface area (Å²) < 4.78 is 0. The quantitative estimate of drug-likeness (QED) is 0.868. The number of rotatable bonds is 2. The van der Waals surface area contributed by atoms with Crippen molar-refractivity contribution in [3.8, 4) is 0 Å². The Hall–Kier alpha value is -1.79. The number of nitrogens with zero attached hydrogens (tertiary/aromatic N) is 3. The van der Waals surface area contributed by atoms with Gasteiger partial charge in [0.1, 0.15) is 10.8 Å². The highest BCUT2D eigenvalue weighted by molar-refractivity contribution is 8.03. The standard InChI is InChI=1S/C18H21N5S/c1-10-7-11(2)20-18-14(10)15-16(24-18)17(22-21-15)23-8-13(9-23)12-3-5-19-6-4-12/h3,5-7,12-13,15,21-22H,4,8-9H2,1-2H3. The van der Waals surface area contributed by atoms with Gasteiger partial charge < -0.3 is 10.3 Å². The van der Waals surface area contributed by atoms with Crippen LogP contribution in [-0.4, -0.2) is 29.2 Å². The normalized spacial score (nSPS) is 28.0. The molecule has 5 rings (SSSR count). The van der Waals surface area contributed by atoms with Gasteiger partial charge in [-0.2, -0.15) is 0 Å². The SMILES string of the molecule is Cc1cc(C)c2c(n1)SC1=C(N3CC(C4C=CN=CC4)C3)NNC12. The minimum Gasteiger partial charge on any atom is -0.356 e. The van der Waals surface area contributed by atoms with Crippen LogP contribution in [0.15, 0.2) is 39.1 Å². The number of allylic oxidation sites excluding steroid dienone is 1. The van der Waals surface area contributed by atoms with E-state index in [1.54, 1.807) is 0 Å². The molecule has 124 valence electrons. The maximum atomic E-state index is 4.74. The van der Waals surface area contributed by atoms with Crippen LogP contribution in [0.4, 0.5) is 0 Å². The van der Waals surface area contributed by atoms with E-state index in [-0.39, 0.29) is 6.04 Å². The number of likely N-dealkylation sites (tertiary alicyclic amines) is 1. The van der Waals surface area contributed by atoms with E-state index in [9.17, 15) is 0 Å². The summed E-state index contributed by atoms with van der Waals surface area (Å²) >= 11 is 1.82. The number of hydrogen-bond acceptors (Lipinski definition) is 6. The Labute approximate surface area is 146 Å². The molecule has 24 heavy (non-hydrogen) atoms. The van der Waals surface area contributed by atoms with Gasteiger partial charge in [-0.1, -0.05) is 17.8 Å². The van der Waals surface area contributed by atoms with Crippen molar-refractivity contribution in [2.75, 3.05) is 13.1 Å². The number of hydrogen-bond donors (Lipinski definition) is 2. The maximum Gasteiger partial charge on any atom is 0.128 e. The van der Waals surface area contributed by atoms with Crippen molar-refractivity contribution >= 4 is 18.0 Å². The van der Waals surface area contributed by atoms with Crippen molar-refractivity contribution in [3.05, 3.63) is 45.9 Å². The van der Waals surface area contributed by atoms with E-state index >= 15 is 0 Å². The smallest absolute Gasteiger partial charge is 0.128 e. The van der Waals surface area contributed by atoms with Crippen LogP contribution in [0.5, 0.6) is 0 Å². The number of aromatic nitrogens is 1. The monoisotopic (exact) mass is 339 g/mol. The number of thioether (sulfide) groups is 1. The lowest BCUT2D eigenvalue weighted by molar-refractivity contribution is 0.101. The summed E-state index contributed by atoms with van der Waals surface area (Å²) in [5, 5.41) is 1.17. The lowest BCUT2D eigenvalue weighted by Crippen LogP contribution is -2.52. The Morgan fingerprint density at radius 1 is 1.29 bits per heavy atom. The second-order valence-corrected chi connectivity index (χ2v) is 8.09. The number of pyridine rings is 1. The van der Waals surface area contributed by atoms with E-state index in [1.807, 2.05) is 24.2 Å². The molecule has 2 atom stereocenters. The molecule has 5 nitrogen and oxygen atoms in total. The summed E-state index contributed by atoms with van der Waals surface area (Å²) in [4.78, 5) is 12.8. The third kappa shape index (κ3) is 2.13. The zero-order valence-corrected chi connectivity index (χ0v) is 14.7. The molecule has 0 aliphatic carbocycles. The molecule has 2 N–H and O–H groups in total. The second-order valence-electron chi connectivity index (χ2n) is 7.05. The molecule has 0 radical (unpaired) electrons. The molecule has 0 bridgehead atoms. The highest BCUT2D eigenvalue weighted by atomic mass is 32.2. The molecule has 0 spiro atoms. The van der Waals surface area contributed by atoms with Gasteiger partial charge in [0.2, 0.25) is 0 Å². The Balaban J connectivity index is 1.36. The fraction of sp³-hybridized carbons (Fsp3) is 0.444. The first kappa shape index (κ1) is 14.5. The number of nitrogens with one attached hydrogen (secondary N) is 2. The lowest BCUT2D eigenvalue weighted by Gasteiger charge is -2.44. The van der Waals surface area contributed by atoms with Gasteiger partial charge in [0, 0.05) is 42.7 Å². The molecule has 1 aromatic rings. The van der Waals surface area contributed by atoms with Gasteiger partial charge in [0.05, 0.1) is 10.9 Å². The van der Waals surface area contributed by atoms with Gasteiger partial charge in [0.25, 0.3) is 0 Å². The summed E-state index contributed by atoms with van der Waals surface area (Å²) in [6.07, 6.45) is 7.34. The molecule has 5 heterocycles. The predicted octanol–water partition coefficient (Wildman–Crippen LogP) is 2.66. The van der Waals surface area contributed by atoms with E-state index < -0.39 is 0 Å². The largest absolute Gasteiger partial charge is 0.356 e. The summed E-state index contributed by atoms with van der Waals surface area (Å²) in [5.41, 5.74) is 10.7. The van der Waals surface area contributed by atoms with E-state index in [0.717, 1.165) is 31.1 Å². The maximum absolute atomic E-state index is 4.74. The molecule has 1 fully saturated rings. The van der Waals surface area contributed by atoms with Crippen LogP contribution in [0, 0.1) is 25.7 Å². The van der Waals surface area contributed by atoms with E-state index in [2.05, 4.69) is 46.7 Å². The molecule has 0 aromatic carbocycles. The summed E-state index contributed by atoms with van der Waals surface area (Å²) in [5.74, 6) is 2.64. The second kappa shape index (κ2) is 5.36. The Kier molecular flexibility index (Phi) is 3.25. The summed E-state index contributed by atoms with van der Waals surface area (Å²) in [7, 11) is 0. The van der Waals surface area contributed by atoms with Gasteiger partial charge in [0.15, 0.2) is 0 Å². The predicted molar refractivity (Wildman–Crippen MR) is 96.4 cm³/mol. The van der Waals surface area contributed by atoms with Crippen molar-refractivity contribution in [2.45, 2.75) is 31.3 Å². The van der Waals surface area contributed by atoms with Crippen LogP contribution in [-0.2, 0) is 0 Å². The van der Waals surface area contributed by atoms with Gasteiger partial charge in [-0.3, -0.25) is 4.99 Å². The molecule has 0 saturated carbocycles. The molecule has 1 saturated heterocycles. The van der Waals surface area contributed by atoms with E-state index in [1.165, 1.54) is 26.9 Å². The van der Waals surface area contributed by atoms with Crippen LogP contribution < -0.4 is 10.9 Å². The first-order chi connectivity index (χ1) is 11.7. The van der Waals surface area contributed by atoms with Crippen molar-refractivity contribution in [1.82, 2.24) is 20.7 Å². The van der Waals surface area contributed by atoms with Crippen LogP contribution in [0.1, 0.15) is 29.3 Å². The van der Waals surface area contributed by atoms with Crippen molar-refractivity contribution in [2.24, 2.45) is 16.8 Å². The van der Waals surface area contributed by atoms with Gasteiger partial charge in [-0.25, -0.2) is 10.4 Å². The molecule has 0 amide bonds. The molecular formula is C18H21N5S. The van der Waals surface area contributed by atoms with E-state index in [0.29, 0.717) is 5.92 Å². The molecule has 1 aromatic heterocycles. The zero-order valence-electron chi connectivity index (χ0n) is 13.9. The van der Waals surface area contributed by atoms with Crippen molar-refractivity contribution in [1.29, 1.82) is 0 Å². The van der Waals surface area contributed by atoms with Gasteiger partial charge >= 0.3 is 0 Å². The fourth-order valence-electron chi connectivity index (χ4n) is 4.09. The van der Waals surface area contributed by atoms with Crippen LogP contribution in [0.2, 0.25) is 0 Å². The Morgan fingerprint density at radius 3 is 2.96 bits per heavy atom. The van der Waals surface area contributed by atoms with Gasteiger partial charge in [-0.15, -0.1) is 0 Å². The van der Waals surface area contributed by atoms with Gasteiger partial charge in [-0.05, 0) is 37.8 Å². The fourth-order valence-corrected chi connectivity index (χ4v) is 5.45. The highest BCUT2D eigenvalue weighted by Gasteiger charge is 2.42. The van der Waals surface area contributed by atoms with E-state index in [4.69, 9.17) is 4.98 Å². The van der Waals surface area contributed by atoms with Crippen LogP contribution in [0.3, 0.4) is 0 Å². The first-order valence-corrected chi connectivity index (χ1v) is 9.37. The number of hydrazine groups is 1. The highest BCUT2D eigenvalue weighted by Crippen LogP contribution is 2.51. The summed E-state index contributed by atoms with van der Waals surface area (Å²) in [6, 6.07) is 2.44. The van der Waals surface area contributed by atoms with Crippen LogP contribution in [0.25, 0.3) is 0 Å². The number of fused-ring (bicyclic) bond motifs is 3. The van der Waals surface area contributed by atoms with Crippen molar-refractivity contribution in [3.63, 3.8) is 0 Å². The van der Waals surface area contributed by atoms with Crippen molar-refractivity contribution < 1.29 is 0 Å². The molecule has 2 unspecified atom stereocenters. The first-order valence-electron chi connectivity index (χ1n) is 8.55. The third-order valence-corrected chi connectivity index (χ3v) is 6.57. The topological polar surface area (TPSA) is 52.6 Å². The average molecular weight is 339 g/mol. The minimum absolute atomic E-state index is 0.258. The molecular weight excluding hydrogens is 318 g/mol. The van der Waals surface area contributed by atoms with Crippen LogP contribution >= 0.6 is 11.8 Å². The lowest BCUT2D eigenvalue weighted by atomic mass is 9.83.